The quantitative estimate of drug-likeness (QED) is 0.777. The molecule has 1 unspecified atom stereocenters. The van der Waals surface area contributed by atoms with E-state index in [9.17, 15) is 9.90 Å². The van der Waals surface area contributed by atoms with Gasteiger partial charge in [0.15, 0.2) is 5.79 Å². The Morgan fingerprint density at radius 3 is 2.96 bits per heavy atom. The minimum atomic E-state index is -1.14. The Bertz CT molecular complexity index is 532. The summed E-state index contributed by atoms with van der Waals surface area (Å²) in [5.74, 6) is -0.994. The number of hydrogen-bond acceptors (Lipinski definition) is 5. The van der Waals surface area contributed by atoms with Gasteiger partial charge in [0, 0.05) is 19.3 Å². The Morgan fingerprint density at radius 1 is 1.29 bits per heavy atom. The van der Waals surface area contributed by atoms with Gasteiger partial charge in [0.05, 0.1) is 25.9 Å². The molecule has 2 aliphatic rings. The van der Waals surface area contributed by atoms with E-state index in [2.05, 4.69) is 0 Å². The number of benzene rings is 1. The molecule has 1 aromatic rings. The molecule has 0 spiro atoms. The van der Waals surface area contributed by atoms with E-state index in [0.29, 0.717) is 45.5 Å². The third-order valence-electron chi connectivity index (χ3n) is 4.74. The molecule has 2 fully saturated rings. The molecule has 0 saturated carbocycles. The van der Waals surface area contributed by atoms with Crippen molar-refractivity contribution in [3.8, 4) is 0 Å². The highest BCUT2D eigenvalue weighted by Crippen LogP contribution is 2.36. The van der Waals surface area contributed by atoms with Gasteiger partial charge in [-0.2, -0.15) is 0 Å². The van der Waals surface area contributed by atoms with Crippen molar-refractivity contribution < 1.29 is 24.1 Å². The first-order valence-corrected chi connectivity index (χ1v) is 8.81. The smallest absolute Gasteiger partial charge is 0.192 e. The molecule has 0 radical (unpaired) electrons. The number of hydrogen-bond donors (Lipinski definition) is 1. The lowest BCUT2D eigenvalue weighted by Gasteiger charge is -2.45. The fourth-order valence-corrected chi connectivity index (χ4v) is 3.37. The SMILES string of the molecule is O=C(CCOCc1ccccc1)C[C@@H]1CCC2(O)OCCC[C@@H]2O1. The highest BCUT2D eigenvalue weighted by Gasteiger charge is 2.46. The number of ether oxygens (including phenoxy) is 3. The first-order valence-electron chi connectivity index (χ1n) is 8.81. The molecule has 5 nitrogen and oxygen atoms in total. The van der Waals surface area contributed by atoms with E-state index in [-0.39, 0.29) is 18.0 Å². The molecule has 0 aliphatic carbocycles. The van der Waals surface area contributed by atoms with Crippen molar-refractivity contribution in [2.45, 2.75) is 63.1 Å². The summed E-state index contributed by atoms with van der Waals surface area (Å²) < 4.78 is 16.9. The van der Waals surface area contributed by atoms with Crippen molar-refractivity contribution >= 4 is 5.78 Å². The Labute approximate surface area is 142 Å². The van der Waals surface area contributed by atoms with Gasteiger partial charge in [-0.3, -0.25) is 4.79 Å². The second-order valence-corrected chi connectivity index (χ2v) is 6.65. The molecule has 2 saturated heterocycles. The summed E-state index contributed by atoms with van der Waals surface area (Å²) in [5.41, 5.74) is 1.11. The largest absolute Gasteiger partial charge is 0.376 e. The molecule has 2 aliphatic heterocycles. The minimum Gasteiger partial charge on any atom is -0.376 e. The van der Waals surface area contributed by atoms with Crippen LogP contribution in [0.5, 0.6) is 0 Å². The normalized spacial score (nSPS) is 29.9. The fraction of sp³-hybridized carbons (Fsp3) is 0.632. The molecule has 5 heteroatoms. The van der Waals surface area contributed by atoms with Gasteiger partial charge in [0.2, 0.25) is 0 Å². The van der Waals surface area contributed by atoms with Crippen LogP contribution in [0.1, 0.15) is 44.1 Å². The van der Waals surface area contributed by atoms with Crippen LogP contribution in [0, 0.1) is 0 Å². The van der Waals surface area contributed by atoms with E-state index in [4.69, 9.17) is 14.2 Å². The topological polar surface area (TPSA) is 65.0 Å². The summed E-state index contributed by atoms with van der Waals surface area (Å²) in [5, 5.41) is 10.4. The fourth-order valence-electron chi connectivity index (χ4n) is 3.37. The third kappa shape index (κ3) is 4.63. The maximum absolute atomic E-state index is 12.1. The average Bonchev–Trinajstić information content (AvgIpc) is 2.60. The Kier molecular flexibility index (Phi) is 6.00. The summed E-state index contributed by atoms with van der Waals surface area (Å²) in [7, 11) is 0. The molecule has 3 rings (SSSR count). The molecule has 0 amide bonds. The van der Waals surface area contributed by atoms with E-state index in [1.165, 1.54) is 0 Å². The third-order valence-corrected chi connectivity index (χ3v) is 4.74. The predicted molar refractivity (Wildman–Crippen MR) is 88.4 cm³/mol. The maximum Gasteiger partial charge on any atom is 0.192 e. The van der Waals surface area contributed by atoms with Crippen LogP contribution in [-0.4, -0.2) is 42.1 Å². The van der Waals surface area contributed by atoms with E-state index in [1.807, 2.05) is 30.3 Å². The highest BCUT2D eigenvalue weighted by molar-refractivity contribution is 5.79. The number of fused-ring (bicyclic) bond motifs is 1. The Balaban J connectivity index is 1.35. The van der Waals surface area contributed by atoms with Crippen LogP contribution in [0.25, 0.3) is 0 Å². The van der Waals surface area contributed by atoms with Gasteiger partial charge in [-0.15, -0.1) is 0 Å². The number of carbonyl (C=O) groups excluding carboxylic acids is 1. The zero-order valence-corrected chi connectivity index (χ0v) is 14.0. The van der Waals surface area contributed by atoms with Crippen molar-refractivity contribution in [2.24, 2.45) is 0 Å². The van der Waals surface area contributed by atoms with Crippen molar-refractivity contribution in [3.05, 3.63) is 35.9 Å². The summed E-state index contributed by atoms with van der Waals surface area (Å²) in [4.78, 5) is 12.1. The van der Waals surface area contributed by atoms with Crippen molar-refractivity contribution in [2.75, 3.05) is 13.2 Å². The van der Waals surface area contributed by atoms with Gasteiger partial charge in [0.1, 0.15) is 11.9 Å². The number of aliphatic hydroxyl groups is 1. The molecule has 3 atom stereocenters. The summed E-state index contributed by atoms with van der Waals surface area (Å²) in [6.07, 6.45) is 3.26. The first kappa shape index (κ1) is 17.5. The second-order valence-electron chi connectivity index (χ2n) is 6.65. The van der Waals surface area contributed by atoms with Crippen LogP contribution in [0.15, 0.2) is 30.3 Å². The molecular weight excluding hydrogens is 308 g/mol. The highest BCUT2D eigenvalue weighted by atomic mass is 16.7. The van der Waals surface area contributed by atoms with Crippen LogP contribution in [0.4, 0.5) is 0 Å². The van der Waals surface area contributed by atoms with E-state index in [1.54, 1.807) is 0 Å². The number of Topliss-reactive ketones (excluding diaryl/α,β-unsaturated/α-hetero) is 1. The lowest BCUT2D eigenvalue weighted by molar-refractivity contribution is -0.318. The van der Waals surface area contributed by atoms with E-state index in [0.717, 1.165) is 18.4 Å². The van der Waals surface area contributed by atoms with Crippen molar-refractivity contribution in [3.63, 3.8) is 0 Å². The number of ketones is 1. The van der Waals surface area contributed by atoms with Gasteiger partial charge >= 0.3 is 0 Å². The van der Waals surface area contributed by atoms with Crippen LogP contribution >= 0.6 is 0 Å². The van der Waals surface area contributed by atoms with Gasteiger partial charge < -0.3 is 19.3 Å². The molecule has 1 aromatic carbocycles. The van der Waals surface area contributed by atoms with Gasteiger partial charge in [-0.1, -0.05) is 30.3 Å². The zero-order valence-electron chi connectivity index (χ0n) is 14.0. The van der Waals surface area contributed by atoms with Gasteiger partial charge in [0.25, 0.3) is 0 Å². The molecular formula is C19H26O5. The van der Waals surface area contributed by atoms with Crippen LogP contribution in [0.3, 0.4) is 0 Å². The van der Waals surface area contributed by atoms with Gasteiger partial charge in [-0.05, 0) is 24.8 Å². The lowest BCUT2D eigenvalue weighted by atomic mass is 9.90. The maximum atomic E-state index is 12.1. The molecule has 2 heterocycles. The lowest BCUT2D eigenvalue weighted by Crippen LogP contribution is -2.54. The molecule has 24 heavy (non-hydrogen) atoms. The van der Waals surface area contributed by atoms with Crippen LogP contribution < -0.4 is 0 Å². The molecule has 132 valence electrons. The van der Waals surface area contributed by atoms with Crippen molar-refractivity contribution in [1.29, 1.82) is 0 Å². The van der Waals surface area contributed by atoms with Crippen LogP contribution in [0.2, 0.25) is 0 Å². The number of rotatable bonds is 7. The molecule has 0 aromatic heterocycles. The molecule has 1 N–H and O–H groups in total. The first-order chi connectivity index (χ1) is 11.7. The van der Waals surface area contributed by atoms with E-state index >= 15 is 0 Å². The van der Waals surface area contributed by atoms with Crippen LogP contribution in [-0.2, 0) is 25.6 Å². The standard InChI is InChI=1S/C19H26O5/c20-16(9-12-22-14-15-5-2-1-3-6-15)13-17-8-10-19(21)18(24-17)7-4-11-23-19/h1-3,5-6,17-18,21H,4,7-14H2/t17-,18-,19?/m0/s1. The Hall–Kier alpha value is -1.27. The minimum absolute atomic E-state index is 0.112. The van der Waals surface area contributed by atoms with Gasteiger partial charge in [-0.25, -0.2) is 0 Å². The average molecular weight is 334 g/mol. The van der Waals surface area contributed by atoms with E-state index < -0.39 is 5.79 Å². The predicted octanol–water partition coefficient (Wildman–Crippen LogP) is 2.60. The van der Waals surface area contributed by atoms with Crippen molar-refractivity contribution in [1.82, 2.24) is 0 Å². The summed E-state index contributed by atoms with van der Waals surface area (Å²) in [6, 6.07) is 9.92. The Morgan fingerprint density at radius 2 is 2.12 bits per heavy atom. The number of carbonyl (C=O) groups is 1. The second kappa shape index (κ2) is 8.21. The molecule has 0 bridgehead atoms. The summed E-state index contributed by atoms with van der Waals surface area (Å²) >= 11 is 0. The monoisotopic (exact) mass is 334 g/mol. The summed E-state index contributed by atoms with van der Waals surface area (Å²) in [6.45, 7) is 1.54. The zero-order chi connectivity index (χ0) is 16.8.